The summed E-state index contributed by atoms with van der Waals surface area (Å²) in [6.07, 6.45) is -1.35. The molecule has 2 aromatic carbocycles. The van der Waals surface area contributed by atoms with Crippen molar-refractivity contribution in [3.05, 3.63) is 70.7 Å². The number of halogens is 1. The molecule has 0 aliphatic carbocycles. The Labute approximate surface area is 166 Å². The number of rotatable bonds is 6. The summed E-state index contributed by atoms with van der Waals surface area (Å²) in [6, 6.07) is 13.6. The molecule has 1 atom stereocenters. The molecule has 0 spiro atoms. The van der Waals surface area contributed by atoms with Crippen LogP contribution in [0.4, 0.5) is 4.79 Å². The molecule has 0 unspecified atom stereocenters. The van der Waals surface area contributed by atoms with Gasteiger partial charge < -0.3 is 15.4 Å². The molecule has 9 heteroatoms. The number of carbonyl (C=O) groups is 4. The average Bonchev–Trinajstić information content (AvgIpc) is 2.71. The van der Waals surface area contributed by atoms with Crippen LogP contribution >= 0.6 is 11.6 Å². The molecule has 0 bridgehead atoms. The van der Waals surface area contributed by atoms with E-state index < -0.39 is 36.5 Å². The number of carbonyl (C=O) groups excluding carboxylic acids is 4. The summed E-state index contributed by atoms with van der Waals surface area (Å²) in [5.41, 5.74) is 0.690. The molecule has 28 heavy (non-hydrogen) atoms. The van der Waals surface area contributed by atoms with Gasteiger partial charge in [-0.1, -0.05) is 41.9 Å². The molecule has 3 N–H and O–H groups in total. The molecule has 2 aromatic rings. The van der Waals surface area contributed by atoms with Crippen molar-refractivity contribution >= 4 is 35.4 Å². The maximum atomic E-state index is 12.3. The lowest BCUT2D eigenvalue weighted by Crippen LogP contribution is -2.42. The number of hydrogen-bond acceptors (Lipinski definition) is 5. The van der Waals surface area contributed by atoms with Crippen molar-refractivity contribution in [2.24, 2.45) is 0 Å². The molecule has 0 saturated heterocycles. The first-order valence-electron chi connectivity index (χ1n) is 8.21. The summed E-state index contributed by atoms with van der Waals surface area (Å²) in [6.45, 7) is -0.460. The molecule has 0 aliphatic rings. The molecule has 146 valence electrons. The van der Waals surface area contributed by atoms with Gasteiger partial charge in [0.2, 0.25) is 6.10 Å². The van der Waals surface area contributed by atoms with Crippen LogP contribution in [-0.4, -0.2) is 37.4 Å². The number of nitrogens with one attached hydrogen (secondary N) is 3. The first-order chi connectivity index (χ1) is 13.4. The van der Waals surface area contributed by atoms with E-state index in [2.05, 4.69) is 16.0 Å². The molecule has 8 nitrogen and oxygen atoms in total. The van der Waals surface area contributed by atoms with Crippen LogP contribution < -0.4 is 16.0 Å². The van der Waals surface area contributed by atoms with Gasteiger partial charge in [-0.25, -0.2) is 4.79 Å². The number of esters is 1. The standard InChI is InChI=1S/C19H18ClN3O5/c1-21-19(27)23-18(26)16(12-5-3-2-4-6-12)28-15(24)11-22-17(25)13-7-9-14(20)10-8-13/h2-10,16H,11H2,1H3,(H,22,25)(H2,21,23,26,27)/t16-/m0/s1. The fraction of sp³-hybridized carbons (Fsp3) is 0.158. The average molecular weight is 404 g/mol. The van der Waals surface area contributed by atoms with Gasteiger partial charge in [-0.3, -0.25) is 19.7 Å². The Balaban J connectivity index is 2.01. The molecular weight excluding hydrogens is 386 g/mol. The second-order valence-electron chi connectivity index (χ2n) is 5.54. The van der Waals surface area contributed by atoms with E-state index in [1.807, 2.05) is 0 Å². The Kier molecular flexibility index (Phi) is 7.53. The molecular formula is C19H18ClN3O5. The van der Waals surface area contributed by atoms with Crippen LogP contribution in [0.2, 0.25) is 5.02 Å². The highest BCUT2D eigenvalue weighted by molar-refractivity contribution is 6.30. The molecule has 0 fully saturated rings. The van der Waals surface area contributed by atoms with Crippen molar-refractivity contribution in [2.45, 2.75) is 6.10 Å². The molecule has 0 aliphatic heterocycles. The summed E-state index contributed by atoms with van der Waals surface area (Å²) in [4.78, 5) is 47.9. The zero-order valence-corrected chi connectivity index (χ0v) is 15.7. The molecule has 2 rings (SSSR count). The maximum Gasteiger partial charge on any atom is 0.326 e. The van der Waals surface area contributed by atoms with Crippen molar-refractivity contribution in [1.29, 1.82) is 0 Å². The van der Waals surface area contributed by atoms with Crippen LogP contribution in [0.1, 0.15) is 22.0 Å². The Morgan fingerprint density at radius 2 is 1.64 bits per heavy atom. The third-order valence-electron chi connectivity index (χ3n) is 3.55. The van der Waals surface area contributed by atoms with E-state index in [0.29, 0.717) is 16.1 Å². The minimum atomic E-state index is -1.35. The van der Waals surface area contributed by atoms with Gasteiger partial charge >= 0.3 is 12.0 Å². The Hall–Kier alpha value is -3.39. The second kappa shape index (κ2) is 10.1. The largest absolute Gasteiger partial charge is 0.446 e. The van der Waals surface area contributed by atoms with Crippen LogP contribution in [0.25, 0.3) is 0 Å². The van der Waals surface area contributed by atoms with E-state index in [0.717, 1.165) is 0 Å². The number of ether oxygens (including phenoxy) is 1. The quantitative estimate of drug-likeness (QED) is 0.636. The van der Waals surface area contributed by atoms with E-state index in [9.17, 15) is 19.2 Å². The van der Waals surface area contributed by atoms with Gasteiger partial charge in [0.15, 0.2) is 0 Å². The van der Waals surface area contributed by atoms with Crippen molar-refractivity contribution in [3.8, 4) is 0 Å². The fourth-order valence-electron chi connectivity index (χ4n) is 2.17. The third-order valence-corrected chi connectivity index (χ3v) is 3.81. The number of benzene rings is 2. The van der Waals surface area contributed by atoms with Crippen molar-refractivity contribution in [1.82, 2.24) is 16.0 Å². The lowest BCUT2D eigenvalue weighted by Gasteiger charge is -2.17. The van der Waals surface area contributed by atoms with E-state index in [-0.39, 0.29) is 0 Å². The SMILES string of the molecule is CNC(=O)NC(=O)[C@@H](OC(=O)CNC(=O)c1ccc(Cl)cc1)c1ccccc1. The minimum Gasteiger partial charge on any atom is -0.446 e. The molecule has 0 saturated carbocycles. The zero-order valence-electron chi connectivity index (χ0n) is 14.9. The highest BCUT2D eigenvalue weighted by atomic mass is 35.5. The molecule has 4 amide bonds. The zero-order chi connectivity index (χ0) is 20.5. The Bertz CT molecular complexity index is 856. The van der Waals surface area contributed by atoms with Gasteiger partial charge in [0.05, 0.1) is 0 Å². The fourth-order valence-corrected chi connectivity index (χ4v) is 2.30. The normalized spacial score (nSPS) is 11.1. The molecule has 0 heterocycles. The predicted octanol–water partition coefficient (Wildman–Crippen LogP) is 1.81. The first kappa shape index (κ1) is 20.9. The van der Waals surface area contributed by atoms with Gasteiger partial charge in [0, 0.05) is 23.2 Å². The van der Waals surface area contributed by atoms with E-state index in [1.165, 1.54) is 19.2 Å². The van der Waals surface area contributed by atoms with Crippen LogP contribution in [-0.2, 0) is 14.3 Å². The van der Waals surface area contributed by atoms with E-state index >= 15 is 0 Å². The summed E-state index contributed by atoms with van der Waals surface area (Å²) >= 11 is 5.76. The van der Waals surface area contributed by atoms with E-state index in [1.54, 1.807) is 42.5 Å². The minimum absolute atomic E-state index is 0.314. The summed E-state index contributed by atoms with van der Waals surface area (Å²) in [5.74, 6) is -2.16. The van der Waals surface area contributed by atoms with Gasteiger partial charge in [0.1, 0.15) is 6.54 Å². The van der Waals surface area contributed by atoms with Crippen LogP contribution in [0, 0.1) is 0 Å². The lowest BCUT2D eigenvalue weighted by molar-refractivity contribution is -0.155. The van der Waals surface area contributed by atoms with Gasteiger partial charge in [0.25, 0.3) is 11.8 Å². The summed E-state index contributed by atoms with van der Waals surface area (Å²) in [5, 5.41) is 7.18. The van der Waals surface area contributed by atoms with Crippen molar-refractivity contribution in [2.75, 3.05) is 13.6 Å². The van der Waals surface area contributed by atoms with Crippen LogP contribution in [0.3, 0.4) is 0 Å². The third kappa shape index (κ3) is 6.10. The highest BCUT2D eigenvalue weighted by Crippen LogP contribution is 2.17. The number of imide groups is 1. The van der Waals surface area contributed by atoms with Gasteiger partial charge in [-0.15, -0.1) is 0 Å². The monoisotopic (exact) mass is 403 g/mol. The molecule has 0 radical (unpaired) electrons. The van der Waals surface area contributed by atoms with Gasteiger partial charge in [-0.2, -0.15) is 0 Å². The predicted molar refractivity (Wildman–Crippen MR) is 102 cm³/mol. The molecule has 0 aromatic heterocycles. The Morgan fingerprint density at radius 1 is 1.00 bits per heavy atom. The Morgan fingerprint density at radius 3 is 2.25 bits per heavy atom. The first-order valence-corrected chi connectivity index (χ1v) is 8.59. The topological polar surface area (TPSA) is 114 Å². The summed E-state index contributed by atoms with van der Waals surface area (Å²) < 4.78 is 5.18. The van der Waals surface area contributed by atoms with Crippen molar-refractivity contribution < 1.29 is 23.9 Å². The second-order valence-corrected chi connectivity index (χ2v) is 5.97. The lowest BCUT2D eigenvalue weighted by atomic mass is 10.1. The van der Waals surface area contributed by atoms with E-state index in [4.69, 9.17) is 16.3 Å². The smallest absolute Gasteiger partial charge is 0.326 e. The summed E-state index contributed by atoms with van der Waals surface area (Å²) in [7, 11) is 1.35. The number of urea groups is 1. The number of hydrogen-bond donors (Lipinski definition) is 3. The highest BCUT2D eigenvalue weighted by Gasteiger charge is 2.26. The van der Waals surface area contributed by atoms with Gasteiger partial charge in [-0.05, 0) is 24.3 Å². The number of amides is 4. The maximum absolute atomic E-state index is 12.3. The van der Waals surface area contributed by atoms with Crippen molar-refractivity contribution in [3.63, 3.8) is 0 Å². The van der Waals surface area contributed by atoms with Crippen LogP contribution in [0.15, 0.2) is 54.6 Å². The van der Waals surface area contributed by atoms with Crippen LogP contribution in [0.5, 0.6) is 0 Å².